The van der Waals surface area contributed by atoms with Gasteiger partial charge in [0.05, 0.1) is 23.0 Å². The summed E-state index contributed by atoms with van der Waals surface area (Å²) in [4.78, 5) is 0. The van der Waals surface area contributed by atoms with Crippen LogP contribution in [0.25, 0.3) is 0 Å². The lowest BCUT2D eigenvalue weighted by Crippen LogP contribution is -2.42. The molecule has 0 radical (unpaired) electrons. The van der Waals surface area contributed by atoms with E-state index in [0.717, 1.165) is 17.9 Å². The zero-order valence-electron chi connectivity index (χ0n) is 10.3. The Morgan fingerprint density at radius 2 is 2.12 bits per heavy atom. The molecule has 0 unspecified atom stereocenters. The Labute approximate surface area is 102 Å². The van der Waals surface area contributed by atoms with Crippen LogP contribution < -0.4 is 5.32 Å². The van der Waals surface area contributed by atoms with Crippen LogP contribution in [0, 0.1) is 6.92 Å². The number of hydrogen-bond acceptors (Lipinski definition) is 3. The van der Waals surface area contributed by atoms with Crippen LogP contribution in [-0.4, -0.2) is 27.0 Å². The first-order valence-electron chi connectivity index (χ1n) is 5.49. The second-order valence-corrected chi connectivity index (χ2v) is 4.94. The van der Waals surface area contributed by atoms with E-state index in [1.165, 1.54) is 0 Å². The molecule has 16 heavy (non-hydrogen) atoms. The van der Waals surface area contributed by atoms with Gasteiger partial charge in [-0.15, -0.1) is 0 Å². The Morgan fingerprint density at radius 3 is 2.62 bits per heavy atom. The topological polar surface area (TPSA) is 50.1 Å². The molecule has 0 aliphatic carbocycles. The van der Waals surface area contributed by atoms with E-state index in [1.54, 1.807) is 0 Å². The lowest BCUT2D eigenvalue weighted by Gasteiger charge is -2.23. The van der Waals surface area contributed by atoms with Crippen molar-refractivity contribution < 1.29 is 5.11 Å². The molecule has 0 amide bonds. The number of aliphatic hydroxyl groups is 1. The Morgan fingerprint density at radius 1 is 1.50 bits per heavy atom. The molecule has 2 N–H and O–H groups in total. The summed E-state index contributed by atoms with van der Waals surface area (Å²) in [6.07, 6.45) is 0. The van der Waals surface area contributed by atoms with E-state index < -0.39 is 0 Å². The van der Waals surface area contributed by atoms with Crippen LogP contribution in [0.1, 0.15) is 32.2 Å². The first-order chi connectivity index (χ1) is 7.41. The van der Waals surface area contributed by atoms with Crippen LogP contribution >= 0.6 is 11.6 Å². The Bertz CT molecular complexity index is 360. The predicted molar refractivity (Wildman–Crippen MR) is 65.7 cm³/mol. The summed E-state index contributed by atoms with van der Waals surface area (Å²) in [7, 11) is 0. The molecule has 1 aromatic rings. The molecular weight excluding hydrogens is 226 g/mol. The second-order valence-electron chi connectivity index (χ2n) is 4.56. The van der Waals surface area contributed by atoms with Crippen molar-refractivity contribution in [2.75, 3.05) is 6.61 Å². The van der Waals surface area contributed by atoms with E-state index >= 15 is 0 Å². The minimum absolute atomic E-state index is 0.0872. The normalized spacial score (nSPS) is 12.1. The van der Waals surface area contributed by atoms with Gasteiger partial charge in [-0.05, 0) is 27.7 Å². The van der Waals surface area contributed by atoms with E-state index in [-0.39, 0.29) is 12.1 Å². The van der Waals surface area contributed by atoms with Crippen molar-refractivity contribution in [3.05, 3.63) is 16.4 Å². The molecule has 1 rings (SSSR count). The maximum atomic E-state index is 9.16. The van der Waals surface area contributed by atoms with E-state index in [1.807, 2.05) is 32.4 Å². The van der Waals surface area contributed by atoms with Crippen LogP contribution in [-0.2, 0) is 13.1 Å². The number of nitrogens with one attached hydrogen (secondary N) is 1. The van der Waals surface area contributed by atoms with Crippen molar-refractivity contribution in [2.24, 2.45) is 0 Å². The fourth-order valence-corrected chi connectivity index (χ4v) is 1.62. The summed E-state index contributed by atoms with van der Waals surface area (Å²) in [5, 5.41) is 17.5. The van der Waals surface area contributed by atoms with Gasteiger partial charge in [0.15, 0.2) is 0 Å². The van der Waals surface area contributed by atoms with Crippen molar-refractivity contribution in [3.8, 4) is 0 Å². The molecule has 1 heterocycles. The lowest BCUT2D eigenvalue weighted by molar-refractivity contribution is 0.186. The quantitative estimate of drug-likeness (QED) is 0.831. The third-order valence-corrected chi connectivity index (χ3v) is 3.07. The average molecular weight is 246 g/mol. The molecule has 92 valence electrons. The molecule has 0 aliphatic rings. The first-order valence-corrected chi connectivity index (χ1v) is 5.86. The zero-order valence-corrected chi connectivity index (χ0v) is 11.1. The number of aromatic nitrogens is 2. The SMILES string of the molecule is CCn1nc(C)c(Cl)c1CNC(C)(C)CO. The molecule has 0 aromatic carbocycles. The molecule has 0 bridgehead atoms. The van der Waals surface area contributed by atoms with Crippen LogP contribution in [0.2, 0.25) is 5.02 Å². The lowest BCUT2D eigenvalue weighted by atomic mass is 10.1. The molecule has 5 heteroatoms. The minimum Gasteiger partial charge on any atom is -0.394 e. The molecule has 0 fully saturated rings. The van der Waals surface area contributed by atoms with Crippen molar-refractivity contribution in [2.45, 2.75) is 46.3 Å². The van der Waals surface area contributed by atoms with Gasteiger partial charge in [0.1, 0.15) is 0 Å². The monoisotopic (exact) mass is 245 g/mol. The fourth-order valence-electron chi connectivity index (χ4n) is 1.42. The Kier molecular flexibility index (Phi) is 4.35. The van der Waals surface area contributed by atoms with Gasteiger partial charge in [0.25, 0.3) is 0 Å². The van der Waals surface area contributed by atoms with Crippen molar-refractivity contribution >= 4 is 11.6 Å². The van der Waals surface area contributed by atoms with Crippen LogP contribution in [0.5, 0.6) is 0 Å². The van der Waals surface area contributed by atoms with Gasteiger partial charge < -0.3 is 10.4 Å². The van der Waals surface area contributed by atoms with Crippen LogP contribution in [0.3, 0.4) is 0 Å². The second kappa shape index (κ2) is 5.17. The standard InChI is InChI=1S/C11H20ClN3O/c1-5-15-9(10(12)8(2)14-15)6-13-11(3,4)7-16/h13,16H,5-7H2,1-4H3. The Balaban J connectivity index is 2.81. The van der Waals surface area contributed by atoms with Crippen LogP contribution in [0.15, 0.2) is 0 Å². The molecule has 0 spiro atoms. The zero-order chi connectivity index (χ0) is 12.3. The van der Waals surface area contributed by atoms with Gasteiger partial charge in [0.2, 0.25) is 0 Å². The van der Waals surface area contributed by atoms with Gasteiger partial charge in [0, 0.05) is 18.6 Å². The summed E-state index contributed by atoms with van der Waals surface area (Å²) in [6.45, 7) is 9.31. The summed E-state index contributed by atoms with van der Waals surface area (Å²) in [6, 6.07) is 0. The third-order valence-electron chi connectivity index (χ3n) is 2.58. The highest BCUT2D eigenvalue weighted by Crippen LogP contribution is 2.20. The summed E-state index contributed by atoms with van der Waals surface area (Å²) in [5.41, 5.74) is 1.52. The van der Waals surface area contributed by atoms with Gasteiger partial charge >= 0.3 is 0 Å². The number of aliphatic hydroxyl groups excluding tert-OH is 1. The molecule has 1 aromatic heterocycles. The largest absolute Gasteiger partial charge is 0.394 e. The van der Waals surface area contributed by atoms with Gasteiger partial charge in [-0.25, -0.2) is 0 Å². The number of rotatable bonds is 5. The maximum absolute atomic E-state index is 9.16. The van der Waals surface area contributed by atoms with Gasteiger partial charge in [-0.1, -0.05) is 11.6 Å². The van der Waals surface area contributed by atoms with Gasteiger partial charge in [-0.3, -0.25) is 4.68 Å². The van der Waals surface area contributed by atoms with Crippen molar-refractivity contribution in [3.63, 3.8) is 0 Å². The van der Waals surface area contributed by atoms with Crippen LogP contribution in [0.4, 0.5) is 0 Å². The third kappa shape index (κ3) is 2.97. The highest BCUT2D eigenvalue weighted by molar-refractivity contribution is 6.31. The highest BCUT2D eigenvalue weighted by atomic mass is 35.5. The molecular formula is C11H20ClN3O. The maximum Gasteiger partial charge on any atom is 0.0860 e. The Hall–Kier alpha value is -0.580. The summed E-state index contributed by atoms with van der Waals surface area (Å²) in [5.74, 6) is 0. The number of nitrogens with zero attached hydrogens (tertiary/aromatic N) is 2. The number of hydrogen-bond donors (Lipinski definition) is 2. The smallest absolute Gasteiger partial charge is 0.0860 e. The molecule has 0 aliphatic heterocycles. The number of halogens is 1. The molecule has 0 saturated carbocycles. The van der Waals surface area contributed by atoms with Crippen molar-refractivity contribution in [1.82, 2.24) is 15.1 Å². The van der Waals surface area contributed by atoms with E-state index in [4.69, 9.17) is 16.7 Å². The number of aryl methyl sites for hydroxylation is 2. The predicted octanol–water partition coefficient (Wildman–Crippen LogP) is 1.73. The molecule has 0 atom stereocenters. The van der Waals surface area contributed by atoms with Crippen molar-refractivity contribution in [1.29, 1.82) is 0 Å². The average Bonchev–Trinajstić information content (AvgIpc) is 2.52. The van der Waals surface area contributed by atoms with E-state index in [9.17, 15) is 0 Å². The fraction of sp³-hybridized carbons (Fsp3) is 0.727. The molecule has 0 saturated heterocycles. The van der Waals surface area contributed by atoms with E-state index in [2.05, 4.69) is 10.4 Å². The minimum atomic E-state index is -0.305. The van der Waals surface area contributed by atoms with Gasteiger partial charge in [-0.2, -0.15) is 5.10 Å². The summed E-state index contributed by atoms with van der Waals surface area (Å²) < 4.78 is 1.89. The first kappa shape index (κ1) is 13.5. The van der Waals surface area contributed by atoms with E-state index in [0.29, 0.717) is 11.6 Å². The summed E-state index contributed by atoms with van der Waals surface area (Å²) >= 11 is 6.18. The molecule has 4 nitrogen and oxygen atoms in total. The highest BCUT2D eigenvalue weighted by Gasteiger charge is 2.18.